The van der Waals surface area contributed by atoms with Crippen LogP contribution >= 0.6 is 0 Å². The Morgan fingerprint density at radius 2 is 1.47 bits per heavy atom. The van der Waals surface area contributed by atoms with E-state index in [2.05, 4.69) is 19.0 Å². The minimum absolute atomic E-state index is 0.0369. The van der Waals surface area contributed by atoms with E-state index in [0.717, 1.165) is 57.9 Å². The summed E-state index contributed by atoms with van der Waals surface area (Å²) in [6.07, 6.45) is 7.84. The minimum Gasteiger partial charge on any atom is -0.492 e. The van der Waals surface area contributed by atoms with Gasteiger partial charge in [-0.3, -0.25) is 14.5 Å². The molecule has 1 heterocycles. The van der Waals surface area contributed by atoms with Crippen LogP contribution in [0, 0.1) is 5.82 Å². The summed E-state index contributed by atoms with van der Waals surface area (Å²) < 4.78 is 48.6. The average Bonchev–Trinajstić information content (AvgIpc) is 3.23. The highest BCUT2D eigenvalue weighted by molar-refractivity contribution is 7.89. The topological polar surface area (TPSA) is 87.2 Å². The first-order chi connectivity index (χ1) is 20.5. The van der Waals surface area contributed by atoms with Crippen molar-refractivity contribution in [2.45, 2.75) is 69.1 Å². The van der Waals surface area contributed by atoms with E-state index in [9.17, 15) is 22.4 Å². The van der Waals surface area contributed by atoms with Crippen LogP contribution in [0.15, 0.2) is 47.4 Å². The molecule has 1 aliphatic rings. The number of carbonyl (C=O) groups excluding carboxylic acids is 2. The summed E-state index contributed by atoms with van der Waals surface area (Å²) in [6, 6.07) is 10.9. The lowest BCUT2D eigenvalue weighted by molar-refractivity contribution is -0.121. The van der Waals surface area contributed by atoms with E-state index in [1.807, 2.05) is 0 Å². The Labute approximate surface area is 257 Å². The second kappa shape index (κ2) is 17.6. The molecule has 0 radical (unpaired) electrons. The molecule has 0 aromatic heterocycles. The SMILES string of the molecule is CN(C)CCCCCCOc1ccc(CC(=O)CN(C)CC(=O)Cc2cccc(F)c2)cc1S(=O)(=O)N1CCCCCC1. The summed E-state index contributed by atoms with van der Waals surface area (Å²) in [4.78, 5) is 29.3. The fraction of sp³-hybridized carbons (Fsp3) is 0.576. The number of likely N-dealkylation sites (N-methyl/N-ethyl adjacent to an activating group) is 1. The van der Waals surface area contributed by atoms with Gasteiger partial charge < -0.3 is 9.64 Å². The first-order valence-corrected chi connectivity index (χ1v) is 16.9. The van der Waals surface area contributed by atoms with Crippen LogP contribution in [0.1, 0.15) is 62.5 Å². The van der Waals surface area contributed by atoms with Crippen LogP contribution in [0.25, 0.3) is 0 Å². The molecule has 2 aromatic rings. The van der Waals surface area contributed by atoms with Crippen molar-refractivity contribution < 1.29 is 27.1 Å². The fourth-order valence-electron chi connectivity index (χ4n) is 5.34. The van der Waals surface area contributed by atoms with Crippen LogP contribution in [0.3, 0.4) is 0 Å². The van der Waals surface area contributed by atoms with Crippen molar-refractivity contribution in [1.29, 1.82) is 0 Å². The molecule has 0 spiro atoms. The second-order valence-electron chi connectivity index (χ2n) is 11.9. The molecule has 0 unspecified atom stereocenters. The molecule has 0 aliphatic carbocycles. The normalized spacial score (nSPS) is 14.7. The number of halogens is 1. The van der Waals surface area contributed by atoms with Gasteiger partial charge in [-0.25, -0.2) is 12.8 Å². The van der Waals surface area contributed by atoms with Gasteiger partial charge in [0.15, 0.2) is 11.6 Å². The van der Waals surface area contributed by atoms with Crippen LogP contribution in [0.2, 0.25) is 0 Å². The highest BCUT2D eigenvalue weighted by atomic mass is 32.2. The van der Waals surface area contributed by atoms with E-state index >= 15 is 0 Å². The predicted octanol–water partition coefficient (Wildman–Crippen LogP) is 4.75. The quantitative estimate of drug-likeness (QED) is 0.223. The second-order valence-corrected chi connectivity index (χ2v) is 13.8. The van der Waals surface area contributed by atoms with Crippen molar-refractivity contribution in [2.24, 2.45) is 0 Å². The third-order valence-corrected chi connectivity index (χ3v) is 9.45. The number of benzene rings is 2. The summed E-state index contributed by atoms with van der Waals surface area (Å²) in [5.41, 5.74) is 1.18. The van der Waals surface area contributed by atoms with Gasteiger partial charge in [0.1, 0.15) is 16.5 Å². The van der Waals surface area contributed by atoms with Gasteiger partial charge in [-0.2, -0.15) is 4.31 Å². The van der Waals surface area contributed by atoms with Gasteiger partial charge in [-0.1, -0.05) is 43.9 Å². The lowest BCUT2D eigenvalue weighted by Gasteiger charge is -2.22. The van der Waals surface area contributed by atoms with Crippen molar-refractivity contribution in [2.75, 3.05) is 60.5 Å². The lowest BCUT2D eigenvalue weighted by atomic mass is 10.1. The largest absolute Gasteiger partial charge is 0.492 e. The molecule has 3 rings (SSSR count). The maximum absolute atomic E-state index is 13.8. The lowest BCUT2D eigenvalue weighted by Crippen LogP contribution is -2.33. The average molecular weight is 618 g/mol. The molecule has 10 heteroatoms. The van der Waals surface area contributed by atoms with Gasteiger partial charge in [0.05, 0.1) is 19.7 Å². The number of Topliss-reactive ketones (excluding diaryl/α,β-unsaturated/α-hetero) is 2. The summed E-state index contributed by atoms with van der Waals surface area (Å²) in [5, 5.41) is 0. The van der Waals surface area contributed by atoms with Crippen molar-refractivity contribution in [1.82, 2.24) is 14.1 Å². The van der Waals surface area contributed by atoms with E-state index < -0.39 is 15.8 Å². The van der Waals surface area contributed by atoms with Crippen molar-refractivity contribution in [3.05, 3.63) is 59.4 Å². The molecular formula is C33H48FN3O5S. The number of ether oxygens (including phenoxy) is 1. The molecule has 0 amide bonds. The number of carbonyl (C=O) groups is 2. The maximum Gasteiger partial charge on any atom is 0.246 e. The molecule has 1 aliphatic heterocycles. The summed E-state index contributed by atoms with van der Waals surface area (Å²) in [7, 11) is 2.01. The van der Waals surface area contributed by atoms with Crippen LogP contribution in [0.4, 0.5) is 4.39 Å². The smallest absolute Gasteiger partial charge is 0.246 e. The van der Waals surface area contributed by atoms with Gasteiger partial charge in [0.2, 0.25) is 10.0 Å². The molecule has 0 saturated carbocycles. The monoisotopic (exact) mass is 617 g/mol. The van der Waals surface area contributed by atoms with Gasteiger partial charge in [-0.15, -0.1) is 0 Å². The Morgan fingerprint density at radius 3 is 2.09 bits per heavy atom. The number of hydrogen-bond acceptors (Lipinski definition) is 7. The zero-order chi connectivity index (χ0) is 31.2. The fourth-order valence-corrected chi connectivity index (χ4v) is 7.04. The third kappa shape index (κ3) is 12.1. The van der Waals surface area contributed by atoms with E-state index in [-0.39, 0.29) is 42.4 Å². The van der Waals surface area contributed by atoms with E-state index in [1.54, 1.807) is 46.6 Å². The third-order valence-electron chi connectivity index (χ3n) is 7.53. The molecule has 8 nitrogen and oxygen atoms in total. The molecule has 43 heavy (non-hydrogen) atoms. The Hall–Kier alpha value is -2.66. The first-order valence-electron chi connectivity index (χ1n) is 15.4. The molecule has 0 bridgehead atoms. The standard InChI is InChI=1S/C33H48FN3O5S/c1-35(2)17-8-6-7-11-20-42-32-16-15-28(24-33(32)43(40,41)37-18-9-4-5-10-19-37)23-31(39)26-36(3)25-30(38)22-27-13-12-14-29(34)21-27/h12-16,21,24H,4-11,17-20,22-23,25-26H2,1-3H3. The number of hydrogen-bond donors (Lipinski definition) is 0. The number of sulfonamides is 1. The Bertz CT molecular complexity index is 1290. The Kier molecular flexibility index (Phi) is 14.2. The predicted molar refractivity (Wildman–Crippen MR) is 168 cm³/mol. The Morgan fingerprint density at radius 1 is 0.837 bits per heavy atom. The van der Waals surface area contributed by atoms with Crippen LogP contribution < -0.4 is 4.74 Å². The van der Waals surface area contributed by atoms with Crippen LogP contribution in [-0.2, 0) is 32.5 Å². The molecule has 2 aromatic carbocycles. The molecule has 1 fully saturated rings. The van der Waals surface area contributed by atoms with Crippen molar-refractivity contribution in [3.63, 3.8) is 0 Å². The highest BCUT2D eigenvalue weighted by Crippen LogP contribution is 2.30. The zero-order valence-corrected chi connectivity index (χ0v) is 26.8. The molecule has 238 valence electrons. The molecule has 1 saturated heterocycles. The van der Waals surface area contributed by atoms with Crippen molar-refractivity contribution >= 4 is 21.6 Å². The zero-order valence-electron chi connectivity index (χ0n) is 26.0. The number of ketones is 2. The van der Waals surface area contributed by atoms with Gasteiger partial charge in [0, 0.05) is 25.9 Å². The van der Waals surface area contributed by atoms with Crippen LogP contribution in [-0.4, -0.2) is 94.6 Å². The first kappa shape index (κ1) is 34.8. The van der Waals surface area contributed by atoms with Gasteiger partial charge >= 0.3 is 0 Å². The van der Waals surface area contributed by atoms with Gasteiger partial charge in [0.25, 0.3) is 0 Å². The number of rotatable bonds is 18. The van der Waals surface area contributed by atoms with E-state index in [4.69, 9.17) is 4.74 Å². The highest BCUT2D eigenvalue weighted by Gasteiger charge is 2.29. The summed E-state index contributed by atoms with van der Waals surface area (Å²) in [5.74, 6) is -0.316. The number of unbranched alkanes of at least 4 members (excludes halogenated alkanes) is 3. The van der Waals surface area contributed by atoms with E-state index in [0.29, 0.717) is 36.6 Å². The van der Waals surface area contributed by atoms with Gasteiger partial charge in [-0.05, 0) is 88.8 Å². The molecular weight excluding hydrogens is 569 g/mol. The molecule has 0 atom stereocenters. The summed E-state index contributed by atoms with van der Waals surface area (Å²) >= 11 is 0. The summed E-state index contributed by atoms with van der Waals surface area (Å²) in [6.45, 7) is 2.52. The minimum atomic E-state index is -3.80. The van der Waals surface area contributed by atoms with Crippen molar-refractivity contribution in [3.8, 4) is 5.75 Å². The maximum atomic E-state index is 13.8. The Balaban J connectivity index is 1.64. The van der Waals surface area contributed by atoms with E-state index in [1.165, 1.54) is 12.1 Å². The number of nitrogens with zero attached hydrogens (tertiary/aromatic N) is 3. The molecule has 0 N–H and O–H groups in total. The van der Waals surface area contributed by atoms with Crippen LogP contribution in [0.5, 0.6) is 5.75 Å².